The van der Waals surface area contributed by atoms with Gasteiger partial charge in [-0.05, 0) is 55.8 Å². The summed E-state index contributed by atoms with van der Waals surface area (Å²) in [5, 5.41) is 4.78. The van der Waals surface area contributed by atoms with E-state index in [1.807, 2.05) is 12.1 Å². The summed E-state index contributed by atoms with van der Waals surface area (Å²) >= 11 is 19.9. The standard InChI is InChI=1S/C22H24Cl3FN2OS/c23-17-5-4-16(20(25)12-17)14-30-11-8-27-22(29)15-6-9-28(10-7-15)13-18-19(24)2-1-3-21(18)26/h1-5,12,15H,6-11,13-14H2,(H,27,29). The summed E-state index contributed by atoms with van der Waals surface area (Å²) in [5.41, 5.74) is 1.57. The highest BCUT2D eigenvalue weighted by Crippen LogP contribution is 2.26. The third-order valence-electron chi connectivity index (χ3n) is 5.22. The zero-order valence-corrected chi connectivity index (χ0v) is 19.6. The molecule has 3 nitrogen and oxygen atoms in total. The molecule has 0 aliphatic carbocycles. The molecule has 0 bridgehead atoms. The number of benzene rings is 2. The molecule has 2 aromatic rings. The minimum atomic E-state index is -0.278. The second kappa shape index (κ2) is 11.6. The maximum atomic E-state index is 14.0. The van der Waals surface area contributed by atoms with Crippen molar-refractivity contribution in [1.29, 1.82) is 0 Å². The highest BCUT2D eigenvalue weighted by Gasteiger charge is 2.25. The minimum absolute atomic E-state index is 0.00746. The molecule has 1 fully saturated rings. The highest BCUT2D eigenvalue weighted by molar-refractivity contribution is 7.98. The van der Waals surface area contributed by atoms with Gasteiger partial charge in [0.05, 0.1) is 0 Å². The van der Waals surface area contributed by atoms with E-state index in [1.165, 1.54) is 6.07 Å². The maximum absolute atomic E-state index is 14.0. The number of halogens is 4. The van der Waals surface area contributed by atoms with Crippen LogP contribution in [0.2, 0.25) is 15.1 Å². The first-order valence-electron chi connectivity index (χ1n) is 9.88. The van der Waals surface area contributed by atoms with E-state index in [0.29, 0.717) is 33.7 Å². The number of piperidine rings is 1. The third-order valence-corrected chi connectivity index (χ3v) is 7.17. The number of hydrogen-bond acceptors (Lipinski definition) is 3. The van der Waals surface area contributed by atoms with Crippen molar-refractivity contribution in [3.8, 4) is 0 Å². The van der Waals surface area contributed by atoms with Crippen LogP contribution in [0.1, 0.15) is 24.0 Å². The molecule has 1 aliphatic heterocycles. The first-order valence-corrected chi connectivity index (χ1v) is 12.2. The molecule has 1 aliphatic rings. The lowest BCUT2D eigenvalue weighted by Crippen LogP contribution is -2.40. The van der Waals surface area contributed by atoms with Gasteiger partial charge < -0.3 is 5.32 Å². The molecule has 2 aromatic carbocycles. The number of rotatable bonds is 8. The molecule has 1 amide bonds. The van der Waals surface area contributed by atoms with Crippen molar-refractivity contribution in [3.05, 3.63) is 68.4 Å². The molecule has 0 atom stereocenters. The fourth-order valence-corrected chi connectivity index (χ4v) is 5.11. The number of thioether (sulfide) groups is 1. The van der Waals surface area contributed by atoms with Crippen molar-refractivity contribution >= 4 is 52.5 Å². The molecular formula is C22H24Cl3FN2OS. The lowest BCUT2D eigenvalue weighted by atomic mass is 9.95. The molecular weight excluding hydrogens is 466 g/mol. The van der Waals surface area contributed by atoms with Crippen molar-refractivity contribution in [1.82, 2.24) is 10.2 Å². The van der Waals surface area contributed by atoms with Gasteiger partial charge >= 0.3 is 0 Å². The van der Waals surface area contributed by atoms with Crippen molar-refractivity contribution in [2.45, 2.75) is 25.1 Å². The zero-order valence-electron chi connectivity index (χ0n) is 16.5. The quantitative estimate of drug-likeness (QED) is 0.458. The summed E-state index contributed by atoms with van der Waals surface area (Å²) in [7, 11) is 0. The molecule has 1 saturated heterocycles. The van der Waals surface area contributed by atoms with Crippen LogP contribution in [0.25, 0.3) is 0 Å². The van der Waals surface area contributed by atoms with Gasteiger partial charge in [0.15, 0.2) is 0 Å². The molecule has 30 heavy (non-hydrogen) atoms. The minimum Gasteiger partial charge on any atom is -0.355 e. The van der Waals surface area contributed by atoms with Crippen LogP contribution in [0.4, 0.5) is 4.39 Å². The summed E-state index contributed by atoms with van der Waals surface area (Å²) < 4.78 is 14.0. The van der Waals surface area contributed by atoms with Gasteiger partial charge in [-0.15, -0.1) is 0 Å². The van der Waals surface area contributed by atoms with E-state index in [9.17, 15) is 9.18 Å². The SMILES string of the molecule is O=C(NCCSCc1ccc(Cl)cc1Cl)C1CCN(Cc2c(F)cccc2Cl)CC1. The Morgan fingerprint density at radius 2 is 1.90 bits per heavy atom. The van der Waals surface area contributed by atoms with E-state index in [4.69, 9.17) is 34.8 Å². The van der Waals surface area contributed by atoms with Crippen molar-refractivity contribution in [2.24, 2.45) is 5.92 Å². The Bertz CT molecular complexity index is 855. The largest absolute Gasteiger partial charge is 0.355 e. The summed E-state index contributed by atoms with van der Waals surface area (Å²) in [4.78, 5) is 14.6. The normalized spacial score (nSPS) is 15.3. The smallest absolute Gasteiger partial charge is 0.223 e. The van der Waals surface area contributed by atoms with Gasteiger partial charge in [0.2, 0.25) is 5.91 Å². The van der Waals surface area contributed by atoms with E-state index >= 15 is 0 Å². The van der Waals surface area contributed by atoms with Gasteiger partial charge in [0, 0.05) is 51.1 Å². The van der Waals surface area contributed by atoms with Crippen LogP contribution in [0.15, 0.2) is 36.4 Å². The van der Waals surface area contributed by atoms with Gasteiger partial charge in [-0.25, -0.2) is 4.39 Å². The fourth-order valence-electron chi connectivity index (χ4n) is 3.47. The molecule has 0 unspecified atom stereocenters. The average Bonchev–Trinajstić information content (AvgIpc) is 2.72. The molecule has 0 aromatic heterocycles. The Hall–Kier alpha value is -0.980. The Kier molecular flexibility index (Phi) is 9.14. The number of carbonyl (C=O) groups excluding carboxylic acids is 1. The van der Waals surface area contributed by atoms with E-state index < -0.39 is 0 Å². The van der Waals surface area contributed by atoms with Gasteiger partial charge in [-0.2, -0.15) is 11.8 Å². The van der Waals surface area contributed by atoms with Crippen molar-refractivity contribution in [3.63, 3.8) is 0 Å². The zero-order chi connectivity index (χ0) is 21.5. The fraction of sp³-hybridized carbons (Fsp3) is 0.409. The van der Waals surface area contributed by atoms with E-state index in [1.54, 1.807) is 30.0 Å². The van der Waals surface area contributed by atoms with Gasteiger partial charge in [-0.1, -0.05) is 46.9 Å². The van der Waals surface area contributed by atoms with Crippen LogP contribution >= 0.6 is 46.6 Å². The number of nitrogens with one attached hydrogen (secondary N) is 1. The molecule has 1 N–H and O–H groups in total. The average molecular weight is 490 g/mol. The molecule has 1 heterocycles. The second-order valence-corrected chi connectivity index (χ2v) is 9.69. The summed E-state index contributed by atoms with van der Waals surface area (Å²) in [6.07, 6.45) is 1.54. The Balaban J connectivity index is 1.34. The summed E-state index contributed by atoms with van der Waals surface area (Å²) in [6.45, 7) is 2.61. The number of likely N-dealkylation sites (tertiary alicyclic amines) is 1. The van der Waals surface area contributed by atoms with Crippen LogP contribution < -0.4 is 5.32 Å². The molecule has 0 radical (unpaired) electrons. The maximum Gasteiger partial charge on any atom is 0.223 e. The topological polar surface area (TPSA) is 32.3 Å². The number of nitrogens with zero attached hydrogens (tertiary/aromatic N) is 1. The molecule has 3 rings (SSSR count). The summed E-state index contributed by atoms with van der Waals surface area (Å²) in [5.74, 6) is 1.43. The Morgan fingerprint density at radius 3 is 2.60 bits per heavy atom. The first kappa shape index (κ1) is 23.7. The van der Waals surface area contributed by atoms with E-state index in [0.717, 1.165) is 43.0 Å². The predicted molar refractivity (Wildman–Crippen MR) is 125 cm³/mol. The van der Waals surface area contributed by atoms with Crippen LogP contribution in [0.3, 0.4) is 0 Å². The lowest BCUT2D eigenvalue weighted by molar-refractivity contribution is -0.126. The molecule has 162 valence electrons. The third kappa shape index (κ3) is 6.76. The predicted octanol–water partition coefficient (Wildman–Crippen LogP) is 6.05. The number of amides is 1. The van der Waals surface area contributed by atoms with Crippen LogP contribution in [0.5, 0.6) is 0 Å². The lowest BCUT2D eigenvalue weighted by Gasteiger charge is -2.31. The molecule has 0 spiro atoms. The number of hydrogen-bond donors (Lipinski definition) is 1. The van der Waals surface area contributed by atoms with Crippen LogP contribution in [0, 0.1) is 11.7 Å². The second-order valence-electron chi connectivity index (χ2n) is 7.33. The van der Waals surface area contributed by atoms with Crippen molar-refractivity contribution < 1.29 is 9.18 Å². The van der Waals surface area contributed by atoms with Crippen LogP contribution in [-0.4, -0.2) is 36.2 Å². The monoisotopic (exact) mass is 488 g/mol. The first-order chi connectivity index (χ1) is 14.4. The molecule has 0 saturated carbocycles. The van der Waals surface area contributed by atoms with Gasteiger partial charge in [0.25, 0.3) is 0 Å². The van der Waals surface area contributed by atoms with Gasteiger partial charge in [-0.3, -0.25) is 9.69 Å². The van der Waals surface area contributed by atoms with Crippen LogP contribution in [-0.2, 0) is 17.1 Å². The van der Waals surface area contributed by atoms with Gasteiger partial charge in [0.1, 0.15) is 5.82 Å². The molecule has 8 heteroatoms. The number of carbonyl (C=O) groups is 1. The highest BCUT2D eigenvalue weighted by atomic mass is 35.5. The van der Waals surface area contributed by atoms with E-state index in [2.05, 4.69) is 10.2 Å². The van der Waals surface area contributed by atoms with E-state index in [-0.39, 0.29) is 17.6 Å². The Labute approximate surface area is 196 Å². The summed E-state index contributed by atoms with van der Waals surface area (Å²) in [6, 6.07) is 10.3. The van der Waals surface area contributed by atoms with Crippen molar-refractivity contribution in [2.75, 3.05) is 25.4 Å². The Morgan fingerprint density at radius 1 is 1.13 bits per heavy atom.